The molecule has 1 aromatic heterocycles. The first-order chi connectivity index (χ1) is 14.1. The van der Waals surface area contributed by atoms with Crippen LogP contribution in [0.3, 0.4) is 0 Å². The second kappa shape index (κ2) is 7.22. The molecular formula is C23H22N2O4. The molecule has 0 radical (unpaired) electrons. The van der Waals surface area contributed by atoms with Gasteiger partial charge in [-0.25, -0.2) is 0 Å². The second-order valence-corrected chi connectivity index (χ2v) is 7.63. The number of pyridine rings is 1. The molecule has 1 fully saturated rings. The van der Waals surface area contributed by atoms with Crippen molar-refractivity contribution in [2.75, 3.05) is 32.8 Å². The number of rotatable bonds is 4. The van der Waals surface area contributed by atoms with Gasteiger partial charge in [-0.2, -0.15) is 0 Å². The fraction of sp³-hybridized carbons (Fsp3) is 0.304. The van der Waals surface area contributed by atoms with Crippen LogP contribution in [0.15, 0.2) is 53.3 Å². The molecule has 29 heavy (non-hydrogen) atoms. The van der Waals surface area contributed by atoms with E-state index in [4.69, 9.17) is 4.74 Å². The van der Waals surface area contributed by atoms with Crippen molar-refractivity contribution in [1.29, 1.82) is 0 Å². The lowest BCUT2D eigenvalue weighted by Gasteiger charge is -2.29. The lowest BCUT2D eigenvalue weighted by molar-refractivity contribution is 0.0114. The van der Waals surface area contributed by atoms with Gasteiger partial charge in [0.05, 0.1) is 37.1 Å². The summed E-state index contributed by atoms with van der Waals surface area (Å²) < 4.78 is 6.95. The Kier molecular flexibility index (Phi) is 4.54. The van der Waals surface area contributed by atoms with Crippen LogP contribution in [-0.2, 0) is 11.3 Å². The molecule has 0 bridgehead atoms. The summed E-state index contributed by atoms with van der Waals surface area (Å²) in [6.07, 6.45) is -0.723. The van der Waals surface area contributed by atoms with E-state index in [1.807, 2.05) is 30.3 Å². The number of fused-ring (bicyclic) bond motifs is 5. The number of aliphatic hydroxyl groups excluding tert-OH is 1. The summed E-state index contributed by atoms with van der Waals surface area (Å²) in [6.45, 7) is 3.45. The van der Waals surface area contributed by atoms with E-state index in [0.717, 1.165) is 18.7 Å². The fourth-order valence-electron chi connectivity index (χ4n) is 4.45. The van der Waals surface area contributed by atoms with Gasteiger partial charge in [-0.05, 0) is 6.07 Å². The minimum Gasteiger partial charge on any atom is -0.390 e. The molecule has 0 saturated carbocycles. The third kappa shape index (κ3) is 3.00. The minimum absolute atomic E-state index is 0.0665. The summed E-state index contributed by atoms with van der Waals surface area (Å²) >= 11 is 0. The molecule has 1 atom stereocenters. The molecule has 1 saturated heterocycles. The molecule has 6 nitrogen and oxygen atoms in total. The van der Waals surface area contributed by atoms with Gasteiger partial charge in [-0.15, -0.1) is 0 Å². The fourth-order valence-corrected chi connectivity index (χ4v) is 4.45. The zero-order chi connectivity index (χ0) is 20.0. The molecule has 2 heterocycles. The summed E-state index contributed by atoms with van der Waals surface area (Å²) in [6, 6.07) is 14.6. The zero-order valence-electron chi connectivity index (χ0n) is 16.0. The predicted octanol–water partition coefficient (Wildman–Crippen LogP) is 1.91. The van der Waals surface area contributed by atoms with Crippen molar-refractivity contribution < 1.29 is 14.6 Å². The van der Waals surface area contributed by atoms with Gasteiger partial charge >= 0.3 is 0 Å². The molecule has 148 valence electrons. The largest absolute Gasteiger partial charge is 0.390 e. The monoisotopic (exact) mass is 390 g/mol. The van der Waals surface area contributed by atoms with Crippen LogP contribution in [0.2, 0.25) is 0 Å². The third-order valence-corrected chi connectivity index (χ3v) is 5.80. The Labute approximate surface area is 167 Å². The molecule has 2 aliphatic rings. The maximum atomic E-state index is 13.3. The number of β-amino-alcohol motifs (C(OH)–C–C–N with tert-alkyl or cyclic N) is 1. The topological polar surface area (TPSA) is 71.8 Å². The lowest BCUT2D eigenvalue weighted by atomic mass is 10.0. The van der Waals surface area contributed by atoms with Gasteiger partial charge in [-0.1, -0.05) is 42.5 Å². The average Bonchev–Trinajstić information content (AvgIpc) is 3.05. The SMILES string of the molecule is O=C1c2ccccc2-c2c1c1ccccc1c(=O)n2C[C@H](O)CN1CCOCC1. The quantitative estimate of drug-likeness (QED) is 0.576. The smallest absolute Gasteiger partial charge is 0.259 e. The van der Waals surface area contributed by atoms with E-state index in [9.17, 15) is 14.7 Å². The Morgan fingerprint density at radius 2 is 1.55 bits per heavy atom. The standard InChI is InChI=1S/C23H22N2O4/c26-15(13-24-9-11-29-12-10-24)14-25-21-17-6-2-3-7-18(17)22(27)20(21)16-5-1-4-8-19(16)23(25)28/h1-8,15,26H,9-14H2/t15-/m1/s1. The van der Waals surface area contributed by atoms with Gasteiger partial charge in [0.2, 0.25) is 0 Å². The predicted molar refractivity (Wildman–Crippen MR) is 110 cm³/mol. The first kappa shape index (κ1) is 18.2. The van der Waals surface area contributed by atoms with Gasteiger partial charge in [0.25, 0.3) is 5.56 Å². The van der Waals surface area contributed by atoms with E-state index in [0.29, 0.717) is 47.4 Å². The summed E-state index contributed by atoms with van der Waals surface area (Å²) in [7, 11) is 0. The highest BCUT2D eigenvalue weighted by atomic mass is 16.5. The van der Waals surface area contributed by atoms with Crippen LogP contribution < -0.4 is 5.56 Å². The number of benzene rings is 2. The van der Waals surface area contributed by atoms with Crippen LogP contribution in [0.5, 0.6) is 0 Å². The van der Waals surface area contributed by atoms with Gasteiger partial charge in [-0.3, -0.25) is 14.5 Å². The van der Waals surface area contributed by atoms with E-state index >= 15 is 0 Å². The molecular weight excluding hydrogens is 368 g/mol. The molecule has 2 aromatic carbocycles. The summed E-state index contributed by atoms with van der Waals surface area (Å²) in [5, 5.41) is 11.9. The van der Waals surface area contributed by atoms with Crippen molar-refractivity contribution in [3.63, 3.8) is 0 Å². The van der Waals surface area contributed by atoms with Crippen molar-refractivity contribution in [2.24, 2.45) is 0 Å². The number of hydrogen-bond donors (Lipinski definition) is 1. The highest BCUT2D eigenvalue weighted by Crippen LogP contribution is 2.39. The Balaban J connectivity index is 1.63. The van der Waals surface area contributed by atoms with Crippen molar-refractivity contribution in [3.05, 3.63) is 70.0 Å². The Bertz CT molecular complexity index is 1160. The van der Waals surface area contributed by atoms with E-state index in [1.54, 1.807) is 22.8 Å². The van der Waals surface area contributed by atoms with E-state index in [-0.39, 0.29) is 17.9 Å². The zero-order valence-corrected chi connectivity index (χ0v) is 16.0. The van der Waals surface area contributed by atoms with Crippen LogP contribution in [-0.4, -0.2) is 59.3 Å². The first-order valence-electron chi connectivity index (χ1n) is 9.93. The van der Waals surface area contributed by atoms with Gasteiger partial charge in [0, 0.05) is 41.5 Å². The number of aromatic nitrogens is 1. The number of aliphatic hydroxyl groups is 1. The lowest BCUT2D eigenvalue weighted by Crippen LogP contribution is -2.43. The molecule has 1 aliphatic carbocycles. The molecule has 5 rings (SSSR count). The maximum absolute atomic E-state index is 13.3. The van der Waals surface area contributed by atoms with Crippen molar-refractivity contribution in [2.45, 2.75) is 12.6 Å². The molecule has 0 amide bonds. The average molecular weight is 390 g/mol. The summed E-state index contributed by atoms with van der Waals surface area (Å²) in [5.74, 6) is -0.0665. The Hall–Kier alpha value is -2.80. The van der Waals surface area contributed by atoms with Crippen molar-refractivity contribution in [3.8, 4) is 11.3 Å². The normalized spacial score (nSPS) is 17.3. The molecule has 0 spiro atoms. The number of ether oxygens (including phenoxy) is 1. The maximum Gasteiger partial charge on any atom is 0.259 e. The summed E-state index contributed by atoms with van der Waals surface area (Å²) in [5.41, 5.74) is 2.36. The van der Waals surface area contributed by atoms with Gasteiger partial charge in [0.1, 0.15) is 0 Å². The Morgan fingerprint density at radius 1 is 0.897 bits per heavy atom. The highest BCUT2D eigenvalue weighted by Gasteiger charge is 2.32. The van der Waals surface area contributed by atoms with Crippen LogP contribution >= 0.6 is 0 Å². The second-order valence-electron chi connectivity index (χ2n) is 7.63. The van der Waals surface area contributed by atoms with Crippen LogP contribution in [0, 0.1) is 0 Å². The van der Waals surface area contributed by atoms with E-state index < -0.39 is 6.10 Å². The highest BCUT2D eigenvalue weighted by molar-refractivity contribution is 6.26. The van der Waals surface area contributed by atoms with E-state index in [1.165, 1.54) is 0 Å². The third-order valence-electron chi connectivity index (χ3n) is 5.80. The van der Waals surface area contributed by atoms with Crippen LogP contribution in [0.1, 0.15) is 15.9 Å². The number of carbonyl (C=O) groups is 1. The van der Waals surface area contributed by atoms with Crippen molar-refractivity contribution >= 4 is 16.6 Å². The number of hydrogen-bond acceptors (Lipinski definition) is 5. The minimum atomic E-state index is -0.723. The Morgan fingerprint density at radius 3 is 2.31 bits per heavy atom. The van der Waals surface area contributed by atoms with E-state index in [2.05, 4.69) is 4.90 Å². The van der Waals surface area contributed by atoms with Crippen molar-refractivity contribution in [1.82, 2.24) is 9.47 Å². The molecule has 1 N–H and O–H groups in total. The molecule has 3 aromatic rings. The van der Waals surface area contributed by atoms with Crippen LogP contribution in [0.4, 0.5) is 0 Å². The first-order valence-corrected chi connectivity index (χ1v) is 9.93. The number of ketones is 1. The molecule has 1 aliphatic heterocycles. The molecule has 0 unspecified atom stereocenters. The van der Waals surface area contributed by atoms with Gasteiger partial charge in [0.15, 0.2) is 5.78 Å². The summed E-state index contributed by atoms with van der Waals surface area (Å²) in [4.78, 5) is 28.6. The van der Waals surface area contributed by atoms with Crippen LogP contribution in [0.25, 0.3) is 22.0 Å². The van der Waals surface area contributed by atoms with Gasteiger partial charge < -0.3 is 14.4 Å². The number of nitrogens with zero attached hydrogens (tertiary/aromatic N) is 2. The number of carbonyl (C=O) groups excluding carboxylic acids is 1. The number of morpholine rings is 1. The molecule has 6 heteroatoms.